The van der Waals surface area contributed by atoms with Gasteiger partial charge in [-0.3, -0.25) is 4.79 Å². The van der Waals surface area contributed by atoms with Gasteiger partial charge in [-0.1, -0.05) is 31.2 Å². The van der Waals surface area contributed by atoms with E-state index in [1.54, 1.807) is 38.1 Å². The van der Waals surface area contributed by atoms with Crippen LogP contribution in [-0.4, -0.2) is 25.1 Å². The van der Waals surface area contributed by atoms with Gasteiger partial charge in [0.05, 0.1) is 18.1 Å². The lowest BCUT2D eigenvalue weighted by molar-refractivity contribution is -0.139. The Morgan fingerprint density at radius 3 is 2.56 bits per heavy atom. The number of esters is 1. The fourth-order valence-electron chi connectivity index (χ4n) is 3.64. The van der Waals surface area contributed by atoms with Gasteiger partial charge in [0.2, 0.25) is 5.88 Å². The van der Waals surface area contributed by atoms with Crippen molar-refractivity contribution in [2.75, 3.05) is 18.5 Å². The molecule has 0 aromatic heterocycles. The standard InChI is InChI=1S/C26H27N3O5/c1-4-17-9-11-19(12-10-17)29-22(30)15-33-20-8-6-7-18(13-20)24-21(14-27)25(28)34-16(3)23(24)26(31)32-5-2/h6-13,24H,4-5,15,28H2,1-3H3,(H,29,30). The number of amides is 1. The van der Waals surface area contributed by atoms with Crippen molar-refractivity contribution in [3.05, 3.63) is 82.4 Å². The van der Waals surface area contributed by atoms with Gasteiger partial charge >= 0.3 is 5.97 Å². The number of anilines is 1. The molecule has 8 nitrogen and oxygen atoms in total. The van der Waals surface area contributed by atoms with Gasteiger partial charge in [-0.15, -0.1) is 0 Å². The van der Waals surface area contributed by atoms with Crippen molar-refractivity contribution in [2.45, 2.75) is 33.1 Å². The van der Waals surface area contributed by atoms with Crippen LogP contribution in [0.5, 0.6) is 5.75 Å². The van der Waals surface area contributed by atoms with Gasteiger partial charge in [0.1, 0.15) is 23.2 Å². The van der Waals surface area contributed by atoms with Crippen LogP contribution in [0.2, 0.25) is 0 Å². The first-order chi connectivity index (χ1) is 16.4. The molecule has 1 aliphatic rings. The first-order valence-electron chi connectivity index (χ1n) is 10.9. The summed E-state index contributed by atoms with van der Waals surface area (Å²) in [6, 6.07) is 16.4. The fraction of sp³-hybridized carbons (Fsp3) is 0.269. The van der Waals surface area contributed by atoms with Gasteiger partial charge in [0.15, 0.2) is 6.61 Å². The lowest BCUT2D eigenvalue weighted by atomic mass is 9.83. The number of rotatable bonds is 8. The Hall–Kier alpha value is -4.25. The minimum atomic E-state index is -0.785. The van der Waals surface area contributed by atoms with Crippen molar-refractivity contribution in [2.24, 2.45) is 5.73 Å². The largest absolute Gasteiger partial charge is 0.484 e. The average molecular weight is 462 g/mol. The van der Waals surface area contributed by atoms with Crippen molar-refractivity contribution in [3.63, 3.8) is 0 Å². The molecule has 176 valence electrons. The SMILES string of the molecule is CCOC(=O)C1=C(C)OC(N)=C(C#N)C1c1cccc(OCC(=O)Nc2ccc(CC)cc2)c1. The van der Waals surface area contributed by atoms with Gasteiger partial charge in [-0.25, -0.2) is 4.79 Å². The molecule has 0 saturated heterocycles. The van der Waals surface area contributed by atoms with E-state index in [1.165, 1.54) is 5.56 Å². The van der Waals surface area contributed by atoms with E-state index in [2.05, 4.69) is 12.2 Å². The maximum Gasteiger partial charge on any atom is 0.338 e. The number of aryl methyl sites for hydroxylation is 1. The topological polar surface area (TPSA) is 124 Å². The summed E-state index contributed by atoms with van der Waals surface area (Å²) < 4.78 is 16.3. The van der Waals surface area contributed by atoms with Gasteiger partial charge < -0.3 is 25.3 Å². The van der Waals surface area contributed by atoms with Crippen LogP contribution in [-0.2, 0) is 25.5 Å². The van der Waals surface area contributed by atoms with Crippen molar-refractivity contribution in [1.29, 1.82) is 5.26 Å². The zero-order valence-electron chi connectivity index (χ0n) is 19.4. The fourth-order valence-corrected chi connectivity index (χ4v) is 3.64. The van der Waals surface area contributed by atoms with Gasteiger partial charge in [0.25, 0.3) is 5.91 Å². The van der Waals surface area contributed by atoms with Crippen LogP contribution in [0.15, 0.2) is 71.3 Å². The minimum Gasteiger partial charge on any atom is -0.484 e. The smallest absolute Gasteiger partial charge is 0.338 e. The molecule has 1 heterocycles. The third kappa shape index (κ3) is 5.56. The summed E-state index contributed by atoms with van der Waals surface area (Å²) in [5, 5.41) is 12.5. The van der Waals surface area contributed by atoms with Crippen LogP contribution in [0.3, 0.4) is 0 Å². The maximum absolute atomic E-state index is 12.7. The number of nitrogens with zero attached hydrogens (tertiary/aromatic N) is 1. The van der Waals surface area contributed by atoms with E-state index >= 15 is 0 Å². The Morgan fingerprint density at radius 1 is 1.18 bits per heavy atom. The molecule has 1 atom stereocenters. The van der Waals surface area contributed by atoms with Crippen molar-refractivity contribution in [3.8, 4) is 11.8 Å². The highest BCUT2D eigenvalue weighted by Crippen LogP contribution is 2.40. The number of allylic oxidation sites excluding steroid dienone is 2. The Morgan fingerprint density at radius 2 is 1.91 bits per heavy atom. The van der Waals surface area contributed by atoms with Crippen LogP contribution < -0.4 is 15.8 Å². The Bertz CT molecular complexity index is 1180. The number of nitriles is 1. The second-order valence-electron chi connectivity index (χ2n) is 7.57. The number of nitrogens with one attached hydrogen (secondary N) is 1. The molecule has 1 amide bonds. The second kappa shape index (κ2) is 11.1. The minimum absolute atomic E-state index is 0.0714. The van der Waals surface area contributed by atoms with Crippen LogP contribution in [0.1, 0.15) is 37.8 Å². The molecule has 0 fully saturated rings. The van der Waals surface area contributed by atoms with Crippen LogP contribution in [0.4, 0.5) is 5.69 Å². The molecule has 3 rings (SSSR count). The van der Waals surface area contributed by atoms with E-state index < -0.39 is 11.9 Å². The molecule has 1 aliphatic heterocycles. The quantitative estimate of drug-likeness (QED) is 0.571. The van der Waals surface area contributed by atoms with E-state index in [0.717, 1.165) is 6.42 Å². The van der Waals surface area contributed by atoms with E-state index in [1.807, 2.05) is 30.3 Å². The van der Waals surface area contributed by atoms with E-state index in [4.69, 9.17) is 19.9 Å². The molecular formula is C26H27N3O5. The average Bonchev–Trinajstić information content (AvgIpc) is 2.83. The van der Waals surface area contributed by atoms with Gasteiger partial charge in [0, 0.05) is 5.69 Å². The monoisotopic (exact) mass is 461 g/mol. The summed E-state index contributed by atoms with van der Waals surface area (Å²) in [7, 11) is 0. The lowest BCUT2D eigenvalue weighted by Crippen LogP contribution is -2.25. The number of carbonyl (C=O) groups excluding carboxylic acids is 2. The molecule has 3 N–H and O–H groups in total. The highest BCUT2D eigenvalue weighted by Gasteiger charge is 2.36. The Labute approximate surface area is 198 Å². The summed E-state index contributed by atoms with van der Waals surface area (Å²) in [4.78, 5) is 25.0. The molecule has 1 unspecified atom stereocenters. The van der Waals surface area contributed by atoms with Gasteiger partial charge in [-0.05, 0) is 55.7 Å². The number of ether oxygens (including phenoxy) is 3. The molecule has 2 aromatic carbocycles. The normalized spacial score (nSPS) is 15.3. The predicted molar refractivity (Wildman–Crippen MR) is 126 cm³/mol. The Balaban J connectivity index is 1.79. The summed E-state index contributed by atoms with van der Waals surface area (Å²) >= 11 is 0. The number of benzene rings is 2. The number of hydrogen-bond donors (Lipinski definition) is 2. The highest BCUT2D eigenvalue weighted by molar-refractivity contribution is 5.93. The molecule has 34 heavy (non-hydrogen) atoms. The number of nitrogens with two attached hydrogens (primary N) is 1. The van der Waals surface area contributed by atoms with Gasteiger partial charge in [-0.2, -0.15) is 5.26 Å². The molecule has 0 bridgehead atoms. The Kier molecular flexibility index (Phi) is 7.93. The van der Waals surface area contributed by atoms with E-state index in [-0.39, 0.29) is 41.9 Å². The molecule has 0 spiro atoms. The molecule has 8 heteroatoms. The third-order valence-electron chi connectivity index (χ3n) is 5.31. The number of carbonyl (C=O) groups is 2. The van der Waals surface area contributed by atoms with Crippen molar-refractivity contribution in [1.82, 2.24) is 0 Å². The maximum atomic E-state index is 12.7. The number of hydrogen-bond acceptors (Lipinski definition) is 7. The van der Waals surface area contributed by atoms with Crippen LogP contribution in [0.25, 0.3) is 0 Å². The van der Waals surface area contributed by atoms with Crippen LogP contribution in [0, 0.1) is 11.3 Å². The zero-order valence-corrected chi connectivity index (χ0v) is 19.4. The van der Waals surface area contributed by atoms with Crippen molar-refractivity contribution < 1.29 is 23.8 Å². The van der Waals surface area contributed by atoms with E-state index in [0.29, 0.717) is 17.0 Å². The molecule has 0 radical (unpaired) electrons. The molecule has 0 aliphatic carbocycles. The first kappa shape index (κ1) is 24.4. The summed E-state index contributed by atoms with van der Waals surface area (Å²) in [6.45, 7) is 5.31. The third-order valence-corrected chi connectivity index (χ3v) is 5.31. The zero-order chi connectivity index (χ0) is 24.7. The van der Waals surface area contributed by atoms with E-state index in [9.17, 15) is 14.9 Å². The van der Waals surface area contributed by atoms with Crippen molar-refractivity contribution >= 4 is 17.6 Å². The summed E-state index contributed by atoms with van der Waals surface area (Å²) in [5.74, 6) is -1.10. The lowest BCUT2D eigenvalue weighted by Gasteiger charge is -2.27. The summed E-state index contributed by atoms with van der Waals surface area (Å²) in [5.41, 5.74) is 8.67. The second-order valence-corrected chi connectivity index (χ2v) is 7.57. The summed E-state index contributed by atoms with van der Waals surface area (Å²) in [6.07, 6.45) is 0.918. The van der Waals surface area contributed by atoms with Crippen LogP contribution >= 0.6 is 0 Å². The molecular weight excluding hydrogens is 434 g/mol. The molecule has 0 saturated carbocycles. The predicted octanol–water partition coefficient (Wildman–Crippen LogP) is 3.91. The highest BCUT2D eigenvalue weighted by atomic mass is 16.5. The first-order valence-corrected chi connectivity index (χ1v) is 10.9. The molecule has 2 aromatic rings.